The van der Waals surface area contributed by atoms with E-state index in [-0.39, 0.29) is 22.8 Å². The maximum atomic E-state index is 15.0. The van der Waals surface area contributed by atoms with Crippen LogP contribution in [-0.2, 0) is 10.2 Å². The molecule has 0 radical (unpaired) electrons. The molecule has 214 valence electrons. The molecule has 1 amide bonds. The Balaban J connectivity index is 1.54. The van der Waals surface area contributed by atoms with E-state index in [1.165, 1.54) is 38.5 Å². The Bertz CT molecular complexity index is 1830. The number of methoxy groups -OCH3 is 2. The van der Waals surface area contributed by atoms with E-state index in [2.05, 4.69) is 5.32 Å². The molecule has 1 saturated heterocycles. The smallest absolute Gasteiger partial charge is 0.238 e. The minimum absolute atomic E-state index is 0.221. The van der Waals surface area contributed by atoms with Gasteiger partial charge in [-0.15, -0.1) is 0 Å². The molecule has 0 aromatic heterocycles. The van der Waals surface area contributed by atoms with Gasteiger partial charge in [-0.25, -0.2) is 4.39 Å². The molecular formula is C35H27FN2O5. The van der Waals surface area contributed by atoms with Crippen molar-refractivity contribution in [3.8, 4) is 11.5 Å². The summed E-state index contributed by atoms with van der Waals surface area (Å²) in [5, 5.41) is 3.03. The first kappa shape index (κ1) is 26.6. The molecule has 3 aliphatic rings. The van der Waals surface area contributed by atoms with Crippen LogP contribution in [0, 0.1) is 11.7 Å². The summed E-state index contributed by atoms with van der Waals surface area (Å²) in [5.41, 5.74) is 1.92. The molecule has 1 N–H and O–H groups in total. The second-order valence-corrected chi connectivity index (χ2v) is 10.9. The Hall–Kier alpha value is -5.24. The first-order valence-corrected chi connectivity index (χ1v) is 13.9. The predicted octanol–water partition coefficient (Wildman–Crippen LogP) is 5.82. The zero-order valence-electron chi connectivity index (χ0n) is 23.4. The van der Waals surface area contributed by atoms with E-state index in [1.54, 1.807) is 24.4 Å². The van der Waals surface area contributed by atoms with Gasteiger partial charge >= 0.3 is 0 Å². The molecule has 4 aromatic rings. The number of carbonyl (C=O) groups excluding carboxylic acids is 3. The van der Waals surface area contributed by atoms with E-state index in [0.29, 0.717) is 17.0 Å². The van der Waals surface area contributed by atoms with Crippen molar-refractivity contribution < 1.29 is 28.2 Å². The summed E-state index contributed by atoms with van der Waals surface area (Å²) in [6.45, 7) is 0. The Morgan fingerprint density at radius 1 is 0.884 bits per heavy atom. The monoisotopic (exact) mass is 574 g/mol. The van der Waals surface area contributed by atoms with Gasteiger partial charge in [0.1, 0.15) is 28.8 Å². The Kier molecular flexibility index (Phi) is 6.16. The second-order valence-electron chi connectivity index (χ2n) is 10.9. The van der Waals surface area contributed by atoms with E-state index in [0.717, 1.165) is 11.1 Å². The van der Waals surface area contributed by atoms with E-state index in [9.17, 15) is 14.0 Å². The average molecular weight is 575 g/mol. The average Bonchev–Trinajstić information content (AvgIpc) is 3.52. The number of nitrogens with one attached hydrogen (secondary N) is 1. The van der Waals surface area contributed by atoms with Crippen LogP contribution in [0.15, 0.2) is 97.2 Å². The van der Waals surface area contributed by atoms with Crippen LogP contribution >= 0.6 is 0 Å². The van der Waals surface area contributed by atoms with Crippen molar-refractivity contribution in [2.45, 2.75) is 17.5 Å². The molecule has 1 fully saturated rings. The third-order valence-corrected chi connectivity index (χ3v) is 8.92. The molecule has 0 unspecified atom stereocenters. The Labute approximate surface area is 247 Å². The molecule has 7 rings (SSSR count). The number of nitrogens with zero attached hydrogens (tertiary/aromatic N) is 1. The van der Waals surface area contributed by atoms with Gasteiger partial charge in [0.15, 0.2) is 11.6 Å². The zero-order valence-corrected chi connectivity index (χ0v) is 23.4. The zero-order chi connectivity index (χ0) is 29.9. The number of anilines is 1. The topological polar surface area (TPSA) is 84.9 Å². The second kappa shape index (κ2) is 9.94. The van der Waals surface area contributed by atoms with Crippen LogP contribution in [-0.4, -0.2) is 42.6 Å². The number of ketones is 2. The summed E-state index contributed by atoms with van der Waals surface area (Å²) in [6.07, 6.45) is 3.69. The maximum absolute atomic E-state index is 15.0. The molecule has 0 aliphatic carbocycles. The molecular weight excluding hydrogens is 547 g/mol. The van der Waals surface area contributed by atoms with Crippen molar-refractivity contribution in [3.05, 3.63) is 131 Å². The molecule has 1 spiro atoms. The number of para-hydroxylation sites is 1. The largest absolute Gasteiger partial charge is 0.497 e. The highest BCUT2D eigenvalue weighted by atomic mass is 19.1. The number of carbonyl (C=O) groups is 3. The lowest BCUT2D eigenvalue weighted by molar-refractivity contribution is -0.122. The fraction of sp³-hybridized carbons (Fsp3) is 0.171. The molecule has 4 atom stereocenters. The lowest BCUT2D eigenvalue weighted by Crippen LogP contribution is -2.49. The van der Waals surface area contributed by atoms with Crippen molar-refractivity contribution >= 4 is 29.2 Å². The normalized spacial score (nSPS) is 22.9. The van der Waals surface area contributed by atoms with Crippen molar-refractivity contribution in [3.63, 3.8) is 0 Å². The van der Waals surface area contributed by atoms with Crippen molar-refractivity contribution in [1.82, 2.24) is 4.90 Å². The summed E-state index contributed by atoms with van der Waals surface area (Å²) in [5.74, 6) is -2.10. The molecule has 7 nitrogen and oxygen atoms in total. The minimum atomic E-state index is -1.49. The summed E-state index contributed by atoms with van der Waals surface area (Å²) < 4.78 is 24.9. The van der Waals surface area contributed by atoms with Crippen LogP contribution in [0.25, 0.3) is 6.08 Å². The SMILES string of the molecule is COc1ccc(C(=O)[C@@H]2[C@H](C(=O)c3ccc(F)cc3)N3C=Cc4ccccc4[C@@H]3[C@]23C(=O)Nc2ccccc23)c(OC)c1. The molecule has 43 heavy (non-hydrogen) atoms. The number of amides is 1. The number of Topliss-reactive ketones (excluding diaryl/α,β-unsaturated/α-hetero) is 2. The molecule has 8 heteroatoms. The molecule has 3 heterocycles. The van der Waals surface area contributed by atoms with Crippen molar-refractivity contribution in [1.29, 1.82) is 0 Å². The predicted molar refractivity (Wildman–Crippen MR) is 159 cm³/mol. The third kappa shape index (κ3) is 3.75. The standard InChI is InChI=1S/C35H27FN2O5/c1-42-23-15-16-25(28(19-23)43-2)32(40)29-30(31(39)21-11-13-22(36)14-12-21)38-18-17-20-7-3-4-8-24(20)33(38)35(29)26-9-5-6-10-27(26)37-34(35)41/h3-19,29-30,33H,1-2H3,(H,37,41)/t29-,30+,33+,35+/m0/s1. The van der Waals surface area contributed by atoms with Gasteiger partial charge in [0, 0.05) is 23.5 Å². The van der Waals surface area contributed by atoms with Gasteiger partial charge in [0.05, 0.1) is 31.7 Å². The Morgan fingerprint density at radius 3 is 2.40 bits per heavy atom. The van der Waals surface area contributed by atoms with E-state index in [1.807, 2.05) is 59.5 Å². The number of hydrogen-bond acceptors (Lipinski definition) is 6. The van der Waals surface area contributed by atoms with Gasteiger partial charge in [-0.2, -0.15) is 0 Å². The van der Waals surface area contributed by atoms with Gasteiger partial charge in [-0.3, -0.25) is 14.4 Å². The van der Waals surface area contributed by atoms with E-state index < -0.39 is 40.8 Å². The lowest BCUT2D eigenvalue weighted by Gasteiger charge is -2.38. The quantitative estimate of drug-likeness (QED) is 0.292. The number of fused-ring (bicyclic) bond motifs is 6. The summed E-state index contributed by atoms with van der Waals surface area (Å²) >= 11 is 0. The summed E-state index contributed by atoms with van der Waals surface area (Å²) in [6, 6.07) is 23.3. The van der Waals surface area contributed by atoms with Crippen molar-refractivity contribution in [2.24, 2.45) is 5.92 Å². The van der Waals surface area contributed by atoms with Crippen LogP contribution in [0.2, 0.25) is 0 Å². The number of rotatable bonds is 6. The van der Waals surface area contributed by atoms with Crippen LogP contribution in [0.4, 0.5) is 10.1 Å². The molecule has 3 aliphatic heterocycles. The van der Waals surface area contributed by atoms with Crippen LogP contribution in [0.5, 0.6) is 11.5 Å². The van der Waals surface area contributed by atoms with Gasteiger partial charge in [0.25, 0.3) is 0 Å². The minimum Gasteiger partial charge on any atom is -0.497 e. The van der Waals surface area contributed by atoms with E-state index >= 15 is 4.79 Å². The highest BCUT2D eigenvalue weighted by molar-refractivity contribution is 6.17. The first-order valence-electron chi connectivity index (χ1n) is 13.9. The highest BCUT2D eigenvalue weighted by Gasteiger charge is 2.70. The molecule has 0 bridgehead atoms. The third-order valence-electron chi connectivity index (χ3n) is 8.92. The summed E-state index contributed by atoms with van der Waals surface area (Å²) in [4.78, 5) is 46.0. The van der Waals surface area contributed by atoms with Crippen molar-refractivity contribution in [2.75, 3.05) is 19.5 Å². The fourth-order valence-corrected chi connectivity index (χ4v) is 7.12. The van der Waals surface area contributed by atoms with Gasteiger partial charge in [0.2, 0.25) is 5.91 Å². The highest BCUT2D eigenvalue weighted by Crippen LogP contribution is 2.62. The summed E-state index contributed by atoms with van der Waals surface area (Å²) in [7, 11) is 2.97. The van der Waals surface area contributed by atoms with Gasteiger partial charge in [-0.1, -0.05) is 42.5 Å². The number of ether oxygens (including phenoxy) is 2. The molecule has 0 saturated carbocycles. The fourth-order valence-electron chi connectivity index (χ4n) is 7.12. The van der Waals surface area contributed by atoms with E-state index in [4.69, 9.17) is 9.47 Å². The van der Waals surface area contributed by atoms with Gasteiger partial charge in [-0.05, 0) is 65.2 Å². The molecule has 4 aromatic carbocycles. The number of hydrogen-bond donors (Lipinski definition) is 1. The maximum Gasteiger partial charge on any atom is 0.238 e. The van der Waals surface area contributed by atoms with Crippen LogP contribution in [0.3, 0.4) is 0 Å². The lowest BCUT2D eigenvalue weighted by atomic mass is 9.62. The first-order chi connectivity index (χ1) is 20.9. The number of halogens is 1. The number of benzene rings is 4. The van der Waals surface area contributed by atoms with Crippen LogP contribution in [0.1, 0.15) is 43.4 Å². The van der Waals surface area contributed by atoms with Crippen LogP contribution < -0.4 is 14.8 Å². The Morgan fingerprint density at radius 2 is 1.63 bits per heavy atom. The van der Waals surface area contributed by atoms with Gasteiger partial charge < -0.3 is 19.7 Å².